The standard InChI is InChI=1S/C9H17N4O9P/c10-3-6(12-9(17)13-7(3)16)11-8-5(15)4(14)2(22-8)1-21-23(18,19)20/h2,4-5,8-9,11-12,14-15,17H,1,10H2,(H,13,16)(H2,18,19,20)/t2-,4-,5-,8-,9-/m1/s1. The zero-order valence-corrected chi connectivity index (χ0v) is 12.4. The summed E-state index contributed by atoms with van der Waals surface area (Å²) in [6, 6.07) is 0. The van der Waals surface area contributed by atoms with Crippen molar-refractivity contribution in [3.05, 3.63) is 11.5 Å². The van der Waals surface area contributed by atoms with Crippen LogP contribution in [0.4, 0.5) is 0 Å². The molecule has 0 aromatic heterocycles. The third-order valence-corrected chi connectivity index (χ3v) is 3.60. The Kier molecular flexibility index (Phi) is 5.13. The second-order valence-corrected chi connectivity index (χ2v) is 6.06. The van der Waals surface area contributed by atoms with Crippen LogP contribution >= 0.6 is 7.82 Å². The molecule has 2 aliphatic rings. The topological polar surface area (TPSA) is 216 Å². The smallest absolute Gasteiger partial charge is 0.391 e. The fourth-order valence-electron chi connectivity index (χ4n) is 2.00. The minimum atomic E-state index is -4.77. The molecule has 0 saturated carbocycles. The van der Waals surface area contributed by atoms with Crippen molar-refractivity contribution in [2.24, 2.45) is 5.73 Å². The Labute approximate surface area is 129 Å². The van der Waals surface area contributed by atoms with Gasteiger partial charge in [-0.15, -0.1) is 0 Å². The van der Waals surface area contributed by atoms with Crippen LogP contribution in [0.5, 0.6) is 0 Å². The third kappa shape index (κ3) is 4.31. The van der Waals surface area contributed by atoms with E-state index in [0.29, 0.717) is 0 Å². The van der Waals surface area contributed by atoms with Crippen molar-refractivity contribution in [1.82, 2.24) is 16.0 Å². The summed E-state index contributed by atoms with van der Waals surface area (Å²) in [5.74, 6) is -0.915. The second kappa shape index (κ2) is 6.59. The van der Waals surface area contributed by atoms with E-state index in [-0.39, 0.29) is 11.5 Å². The van der Waals surface area contributed by atoms with Crippen molar-refractivity contribution < 1.29 is 43.7 Å². The highest BCUT2D eigenvalue weighted by Gasteiger charge is 2.44. The van der Waals surface area contributed by atoms with Gasteiger partial charge in [0.25, 0.3) is 5.91 Å². The minimum absolute atomic E-state index is 0.144. The maximum absolute atomic E-state index is 11.4. The van der Waals surface area contributed by atoms with E-state index in [1.165, 1.54) is 0 Å². The molecule has 1 fully saturated rings. The molecule has 13 nitrogen and oxygen atoms in total. The lowest BCUT2D eigenvalue weighted by atomic mass is 10.1. The highest BCUT2D eigenvalue weighted by Crippen LogP contribution is 2.37. The van der Waals surface area contributed by atoms with Crippen LogP contribution in [0.3, 0.4) is 0 Å². The Morgan fingerprint density at radius 2 is 1.91 bits per heavy atom. The molecule has 5 atom stereocenters. The summed E-state index contributed by atoms with van der Waals surface area (Å²) in [4.78, 5) is 28.7. The summed E-state index contributed by atoms with van der Waals surface area (Å²) in [7, 11) is -4.77. The first-order valence-electron chi connectivity index (χ1n) is 6.32. The van der Waals surface area contributed by atoms with Crippen molar-refractivity contribution in [3.8, 4) is 0 Å². The van der Waals surface area contributed by atoms with E-state index in [1.807, 2.05) is 0 Å². The second-order valence-electron chi connectivity index (χ2n) is 4.82. The van der Waals surface area contributed by atoms with Gasteiger partial charge < -0.3 is 51.5 Å². The summed E-state index contributed by atoms with van der Waals surface area (Å²) in [6.07, 6.45) is -6.95. The van der Waals surface area contributed by atoms with E-state index in [4.69, 9.17) is 20.3 Å². The summed E-state index contributed by atoms with van der Waals surface area (Å²) in [5, 5.41) is 35.9. The lowest BCUT2D eigenvalue weighted by Crippen LogP contribution is -2.57. The third-order valence-electron chi connectivity index (χ3n) is 3.12. The quantitative estimate of drug-likeness (QED) is 0.212. The van der Waals surface area contributed by atoms with E-state index in [1.54, 1.807) is 0 Å². The molecule has 0 aromatic carbocycles. The van der Waals surface area contributed by atoms with Gasteiger partial charge in [0.15, 0.2) is 6.23 Å². The Hall–Kier alpha value is -1.44. The summed E-state index contributed by atoms with van der Waals surface area (Å²) in [5.41, 5.74) is 5.17. The number of aliphatic hydroxyl groups is 3. The molecule has 10 N–H and O–H groups in total. The number of amides is 1. The van der Waals surface area contributed by atoms with Crippen LogP contribution in [0, 0.1) is 0 Å². The average Bonchev–Trinajstić information content (AvgIpc) is 2.69. The first-order chi connectivity index (χ1) is 10.6. The molecule has 132 valence electrons. The molecule has 23 heavy (non-hydrogen) atoms. The molecular weight excluding hydrogens is 339 g/mol. The van der Waals surface area contributed by atoms with Crippen LogP contribution in [0.25, 0.3) is 0 Å². The first kappa shape index (κ1) is 17.9. The zero-order chi connectivity index (χ0) is 17.4. The maximum Gasteiger partial charge on any atom is 0.469 e. The molecule has 2 aliphatic heterocycles. The van der Waals surface area contributed by atoms with Gasteiger partial charge in [-0.2, -0.15) is 0 Å². The van der Waals surface area contributed by atoms with E-state index < -0.39 is 51.2 Å². The van der Waals surface area contributed by atoms with Crippen LogP contribution in [-0.4, -0.2) is 68.5 Å². The number of ether oxygens (including phenoxy) is 1. The van der Waals surface area contributed by atoms with Gasteiger partial charge in [0.1, 0.15) is 29.8 Å². The Morgan fingerprint density at radius 3 is 2.52 bits per heavy atom. The van der Waals surface area contributed by atoms with Crippen LogP contribution in [0.1, 0.15) is 0 Å². The van der Waals surface area contributed by atoms with Gasteiger partial charge in [0.2, 0.25) is 6.35 Å². The fraction of sp³-hybridized carbons (Fsp3) is 0.667. The average molecular weight is 356 g/mol. The highest BCUT2D eigenvalue weighted by molar-refractivity contribution is 7.46. The lowest BCUT2D eigenvalue weighted by Gasteiger charge is -2.28. The molecule has 1 saturated heterocycles. The van der Waals surface area contributed by atoms with Crippen LogP contribution in [0.15, 0.2) is 11.5 Å². The van der Waals surface area contributed by atoms with Gasteiger partial charge in [0, 0.05) is 0 Å². The zero-order valence-electron chi connectivity index (χ0n) is 11.5. The molecule has 0 spiro atoms. The number of rotatable bonds is 5. The largest absolute Gasteiger partial charge is 0.469 e. The van der Waals surface area contributed by atoms with Gasteiger partial charge in [-0.05, 0) is 0 Å². The predicted molar refractivity (Wildman–Crippen MR) is 70.3 cm³/mol. The first-order valence-corrected chi connectivity index (χ1v) is 7.85. The number of phosphoric ester groups is 1. The number of nitrogens with one attached hydrogen (secondary N) is 3. The van der Waals surface area contributed by atoms with E-state index in [9.17, 15) is 24.7 Å². The molecule has 2 heterocycles. The Morgan fingerprint density at radius 1 is 1.26 bits per heavy atom. The van der Waals surface area contributed by atoms with Gasteiger partial charge in [0.05, 0.1) is 6.61 Å². The molecule has 0 radical (unpaired) electrons. The van der Waals surface area contributed by atoms with Gasteiger partial charge in [-0.3, -0.25) is 9.32 Å². The fourth-order valence-corrected chi connectivity index (χ4v) is 2.34. The van der Waals surface area contributed by atoms with Crippen molar-refractivity contribution in [1.29, 1.82) is 0 Å². The van der Waals surface area contributed by atoms with Gasteiger partial charge in [-0.25, -0.2) is 4.57 Å². The van der Waals surface area contributed by atoms with Crippen LogP contribution in [-0.2, 0) is 18.6 Å². The number of hydrogen-bond acceptors (Lipinski definition) is 10. The minimum Gasteiger partial charge on any atom is -0.391 e. The number of phosphoric acid groups is 1. The van der Waals surface area contributed by atoms with Gasteiger partial charge >= 0.3 is 7.82 Å². The monoisotopic (exact) mass is 356 g/mol. The molecule has 0 unspecified atom stereocenters. The number of aliphatic hydroxyl groups excluding tert-OH is 3. The number of hydrogen-bond donors (Lipinski definition) is 9. The summed E-state index contributed by atoms with van der Waals surface area (Å²) >= 11 is 0. The SMILES string of the molecule is NC1=C(N[C@@H]2O[C@H](COP(=O)(O)O)[C@@H](O)[C@H]2O)N[C@@H](O)NC1=O. The van der Waals surface area contributed by atoms with E-state index in [2.05, 4.69) is 20.5 Å². The number of nitrogens with two attached hydrogens (primary N) is 1. The van der Waals surface area contributed by atoms with Crippen molar-refractivity contribution in [2.75, 3.05) is 6.61 Å². The number of carbonyl (C=O) groups excluding carboxylic acids is 1. The molecule has 0 aromatic rings. The predicted octanol–water partition coefficient (Wildman–Crippen LogP) is -4.74. The molecule has 0 aliphatic carbocycles. The molecule has 0 bridgehead atoms. The van der Waals surface area contributed by atoms with Crippen LogP contribution < -0.4 is 21.7 Å². The molecule has 1 amide bonds. The maximum atomic E-state index is 11.4. The number of carbonyl (C=O) groups is 1. The van der Waals surface area contributed by atoms with Crippen LogP contribution in [0.2, 0.25) is 0 Å². The van der Waals surface area contributed by atoms with E-state index in [0.717, 1.165) is 0 Å². The molecule has 2 rings (SSSR count). The normalized spacial score (nSPS) is 35.0. The Balaban J connectivity index is 2.02. The van der Waals surface area contributed by atoms with E-state index >= 15 is 0 Å². The van der Waals surface area contributed by atoms with Crippen molar-refractivity contribution >= 4 is 13.7 Å². The van der Waals surface area contributed by atoms with Crippen molar-refractivity contribution in [2.45, 2.75) is 30.9 Å². The summed E-state index contributed by atoms with van der Waals surface area (Å²) < 4.78 is 20.0. The highest BCUT2D eigenvalue weighted by atomic mass is 31.2. The molecule has 14 heteroatoms. The van der Waals surface area contributed by atoms with Crippen molar-refractivity contribution in [3.63, 3.8) is 0 Å². The lowest BCUT2D eigenvalue weighted by molar-refractivity contribution is -0.122. The molecular formula is C9H17N4O9P. The Bertz CT molecular complexity index is 551. The summed E-state index contributed by atoms with van der Waals surface area (Å²) in [6.45, 7) is -0.675. The van der Waals surface area contributed by atoms with Gasteiger partial charge in [-0.1, -0.05) is 0 Å².